The third-order valence-corrected chi connectivity index (χ3v) is 6.37. The van der Waals surface area contributed by atoms with Gasteiger partial charge in [-0.25, -0.2) is 5.01 Å². The van der Waals surface area contributed by atoms with Gasteiger partial charge in [-0.15, -0.1) is 11.3 Å². The summed E-state index contributed by atoms with van der Waals surface area (Å²) in [5.74, 6) is 1.75. The number of halogens is 1. The average Bonchev–Trinajstić information content (AvgIpc) is 3.37. The van der Waals surface area contributed by atoms with Crippen LogP contribution in [-0.4, -0.2) is 17.8 Å². The minimum absolute atomic E-state index is 0.162. The Morgan fingerprint density at radius 1 is 1.19 bits per heavy atom. The number of nitrogens with zero attached hydrogens (tertiary/aromatic N) is 2. The Bertz CT molecular complexity index is 1000. The number of benzene rings is 2. The van der Waals surface area contributed by atoms with Crippen molar-refractivity contribution < 1.29 is 9.47 Å². The smallest absolute Gasteiger partial charge is 0.213 e. The molecule has 2 aromatic carbocycles. The summed E-state index contributed by atoms with van der Waals surface area (Å²) in [6, 6.07) is 18.6. The van der Waals surface area contributed by atoms with Crippen LogP contribution >= 0.6 is 27.3 Å². The maximum absolute atomic E-state index is 6.39. The van der Waals surface area contributed by atoms with Crippen LogP contribution in [0.2, 0.25) is 0 Å². The first-order valence-electron chi connectivity index (χ1n) is 8.72. The number of rotatable bonds is 3. The minimum Gasteiger partial charge on any atom is -0.497 e. The van der Waals surface area contributed by atoms with Crippen molar-refractivity contribution in [2.24, 2.45) is 5.10 Å². The predicted molar refractivity (Wildman–Crippen MR) is 111 cm³/mol. The molecule has 136 valence electrons. The fraction of sp³-hybridized carbons (Fsp3) is 0.190. The third kappa shape index (κ3) is 2.93. The van der Waals surface area contributed by atoms with Crippen molar-refractivity contribution in [3.05, 3.63) is 80.5 Å². The fourth-order valence-electron chi connectivity index (χ4n) is 3.64. The summed E-state index contributed by atoms with van der Waals surface area (Å²) in [6.45, 7) is 0. The molecule has 0 amide bonds. The Balaban J connectivity index is 1.59. The largest absolute Gasteiger partial charge is 0.497 e. The lowest BCUT2D eigenvalue weighted by Gasteiger charge is -2.38. The molecule has 2 aliphatic heterocycles. The lowest BCUT2D eigenvalue weighted by atomic mass is 9.97. The molecule has 0 radical (unpaired) electrons. The van der Waals surface area contributed by atoms with E-state index in [1.165, 1.54) is 10.4 Å². The Labute approximate surface area is 170 Å². The van der Waals surface area contributed by atoms with Crippen LogP contribution in [0.15, 0.2) is 69.6 Å². The van der Waals surface area contributed by atoms with Crippen LogP contribution in [0.5, 0.6) is 11.5 Å². The molecule has 0 saturated heterocycles. The molecule has 1 aromatic heterocycles. The Morgan fingerprint density at radius 3 is 2.78 bits per heavy atom. The normalized spacial score (nSPS) is 20.5. The number of ether oxygens (including phenoxy) is 2. The van der Waals surface area contributed by atoms with Crippen LogP contribution in [0, 0.1) is 0 Å². The van der Waals surface area contributed by atoms with E-state index in [0.717, 1.165) is 33.7 Å². The first kappa shape index (κ1) is 16.8. The maximum Gasteiger partial charge on any atom is 0.213 e. The summed E-state index contributed by atoms with van der Waals surface area (Å²) in [7, 11) is 1.67. The summed E-state index contributed by atoms with van der Waals surface area (Å²) in [4.78, 5) is 1.22. The zero-order chi connectivity index (χ0) is 18.4. The molecule has 0 saturated carbocycles. The van der Waals surface area contributed by atoms with E-state index >= 15 is 0 Å². The summed E-state index contributed by atoms with van der Waals surface area (Å²) < 4.78 is 12.7. The number of fused-ring (bicyclic) bond motifs is 3. The van der Waals surface area contributed by atoms with Crippen molar-refractivity contribution in [1.82, 2.24) is 5.01 Å². The van der Waals surface area contributed by atoms with Crippen molar-refractivity contribution in [2.75, 3.05) is 7.11 Å². The average molecular weight is 441 g/mol. The Hall–Kier alpha value is -2.31. The zero-order valence-corrected chi connectivity index (χ0v) is 17.0. The van der Waals surface area contributed by atoms with Crippen LogP contribution in [0.3, 0.4) is 0 Å². The van der Waals surface area contributed by atoms with Gasteiger partial charge in [0.15, 0.2) is 0 Å². The summed E-state index contributed by atoms with van der Waals surface area (Å²) in [5.41, 5.74) is 3.35. The first-order chi connectivity index (χ1) is 13.2. The standard InChI is InChI=1S/C21H17BrN2O2S/c1-25-15-7-4-13(5-8-15)21-24-18(12-17(23-24)20-3-2-10-27-20)16-11-14(22)6-9-19(16)26-21/h2-11,18,21H,12H2,1H3/t18-,21+/m1/s1. The van der Waals surface area contributed by atoms with E-state index < -0.39 is 0 Å². The summed E-state index contributed by atoms with van der Waals surface area (Å²) in [5, 5.41) is 9.17. The summed E-state index contributed by atoms with van der Waals surface area (Å²) >= 11 is 5.32. The van der Waals surface area contributed by atoms with Gasteiger partial charge in [-0.2, -0.15) is 5.10 Å². The van der Waals surface area contributed by atoms with Gasteiger partial charge in [0.05, 0.1) is 23.7 Å². The lowest BCUT2D eigenvalue weighted by Crippen LogP contribution is -2.33. The molecule has 0 fully saturated rings. The lowest BCUT2D eigenvalue weighted by molar-refractivity contribution is -0.0191. The van der Waals surface area contributed by atoms with Gasteiger partial charge in [0.25, 0.3) is 0 Å². The molecule has 6 heteroatoms. The molecule has 3 aromatic rings. The van der Waals surface area contributed by atoms with E-state index in [0.29, 0.717) is 0 Å². The minimum atomic E-state index is -0.257. The molecule has 2 atom stereocenters. The van der Waals surface area contributed by atoms with Gasteiger partial charge >= 0.3 is 0 Å². The highest BCUT2D eigenvalue weighted by Crippen LogP contribution is 2.48. The topological polar surface area (TPSA) is 34.1 Å². The van der Waals surface area contributed by atoms with Crippen molar-refractivity contribution in [2.45, 2.75) is 18.7 Å². The highest BCUT2D eigenvalue weighted by atomic mass is 79.9. The molecule has 2 aliphatic rings. The second-order valence-corrected chi connectivity index (χ2v) is 8.41. The molecular weight excluding hydrogens is 424 g/mol. The van der Waals surface area contributed by atoms with E-state index in [2.05, 4.69) is 44.5 Å². The van der Waals surface area contributed by atoms with Crippen molar-refractivity contribution in [3.63, 3.8) is 0 Å². The number of hydrogen-bond donors (Lipinski definition) is 0. The van der Waals surface area contributed by atoms with Crippen LogP contribution in [0.1, 0.15) is 34.7 Å². The Morgan fingerprint density at radius 2 is 2.04 bits per heavy atom. The fourth-order valence-corrected chi connectivity index (χ4v) is 4.74. The SMILES string of the molecule is COc1ccc([C@@H]2Oc3ccc(Br)cc3[C@H]3CC(c4cccs4)=NN32)cc1. The second-order valence-electron chi connectivity index (χ2n) is 6.55. The van der Waals surface area contributed by atoms with E-state index in [1.807, 2.05) is 36.4 Å². The molecule has 4 nitrogen and oxygen atoms in total. The van der Waals surface area contributed by atoms with Gasteiger partial charge < -0.3 is 9.47 Å². The van der Waals surface area contributed by atoms with Crippen molar-refractivity contribution in [1.29, 1.82) is 0 Å². The molecule has 0 bridgehead atoms. The zero-order valence-electron chi connectivity index (χ0n) is 14.6. The van der Waals surface area contributed by atoms with Gasteiger partial charge in [0, 0.05) is 22.0 Å². The quantitative estimate of drug-likeness (QED) is 0.518. The van der Waals surface area contributed by atoms with Crippen molar-refractivity contribution in [3.8, 4) is 11.5 Å². The molecule has 27 heavy (non-hydrogen) atoms. The van der Waals surface area contributed by atoms with Crippen LogP contribution in [0.4, 0.5) is 0 Å². The Kier molecular flexibility index (Phi) is 4.17. The first-order valence-corrected chi connectivity index (χ1v) is 10.4. The van der Waals surface area contributed by atoms with Gasteiger partial charge in [0.1, 0.15) is 11.5 Å². The molecular formula is C21H17BrN2O2S. The number of hydrogen-bond acceptors (Lipinski definition) is 5. The van der Waals surface area contributed by atoms with E-state index in [1.54, 1.807) is 18.4 Å². The van der Waals surface area contributed by atoms with E-state index in [9.17, 15) is 0 Å². The van der Waals surface area contributed by atoms with Crippen LogP contribution in [-0.2, 0) is 0 Å². The van der Waals surface area contributed by atoms with E-state index in [-0.39, 0.29) is 12.3 Å². The van der Waals surface area contributed by atoms with Crippen LogP contribution in [0.25, 0.3) is 0 Å². The molecule has 5 rings (SSSR count). The van der Waals surface area contributed by atoms with Gasteiger partial charge in [-0.05, 0) is 53.9 Å². The summed E-state index contributed by atoms with van der Waals surface area (Å²) in [6.07, 6.45) is 0.618. The van der Waals surface area contributed by atoms with Crippen LogP contribution < -0.4 is 9.47 Å². The maximum atomic E-state index is 6.39. The monoisotopic (exact) mass is 440 g/mol. The highest BCUT2D eigenvalue weighted by molar-refractivity contribution is 9.10. The highest BCUT2D eigenvalue weighted by Gasteiger charge is 2.41. The predicted octanol–water partition coefficient (Wildman–Crippen LogP) is 5.76. The number of methoxy groups -OCH3 is 1. The molecule has 3 heterocycles. The second kappa shape index (κ2) is 6.69. The molecule has 0 N–H and O–H groups in total. The molecule has 0 aliphatic carbocycles. The molecule has 0 unspecified atom stereocenters. The van der Waals surface area contributed by atoms with Gasteiger partial charge in [-0.3, -0.25) is 0 Å². The number of hydrazone groups is 1. The third-order valence-electron chi connectivity index (χ3n) is 4.96. The van der Waals surface area contributed by atoms with Crippen molar-refractivity contribution >= 4 is 33.0 Å². The van der Waals surface area contributed by atoms with Gasteiger partial charge in [-0.1, -0.05) is 22.0 Å². The molecule has 0 spiro atoms. The van der Waals surface area contributed by atoms with E-state index in [4.69, 9.17) is 14.6 Å². The number of thiophene rings is 1. The van der Waals surface area contributed by atoms with Gasteiger partial charge in [0.2, 0.25) is 6.23 Å².